The van der Waals surface area contributed by atoms with Crippen LogP contribution in [0.25, 0.3) is 0 Å². The van der Waals surface area contributed by atoms with Crippen LogP contribution >= 0.6 is 11.3 Å². The Bertz CT molecular complexity index is 963. The fourth-order valence-electron chi connectivity index (χ4n) is 2.36. The van der Waals surface area contributed by atoms with Crippen LogP contribution in [0, 0.1) is 0 Å². The van der Waals surface area contributed by atoms with Crippen LogP contribution in [0.1, 0.15) is 11.8 Å². The molecule has 0 radical (unpaired) electrons. The molecular weight excluding hydrogens is 368 g/mol. The number of benzene rings is 2. The number of methoxy groups -OCH3 is 1. The Labute approximate surface area is 157 Å². The van der Waals surface area contributed by atoms with Crippen LogP contribution in [-0.4, -0.2) is 15.5 Å². The number of nitrogens with one attached hydrogen (secondary N) is 2. The van der Waals surface area contributed by atoms with Crippen LogP contribution in [0.3, 0.4) is 0 Å². The van der Waals surface area contributed by atoms with E-state index >= 15 is 0 Å². The van der Waals surface area contributed by atoms with Crippen molar-refractivity contribution in [1.29, 1.82) is 0 Å². The molecule has 0 saturated heterocycles. The highest BCUT2D eigenvalue weighted by atomic mass is 32.2. The molecule has 0 spiro atoms. The number of aryl methyl sites for hydroxylation is 1. The maximum absolute atomic E-state index is 12.4. The molecule has 0 aliphatic heterocycles. The van der Waals surface area contributed by atoms with E-state index in [9.17, 15) is 8.42 Å². The normalized spacial score (nSPS) is 11.2. The third kappa shape index (κ3) is 4.36. The number of rotatable bonds is 7. The Morgan fingerprint density at radius 3 is 2.00 bits per heavy atom. The highest BCUT2D eigenvalue weighted by Gasteiger charge is 2.16. The van der Waals surface area contributed by atoms with Gasteiger partial charge >= 0.3 is 0 Å². The maximum Gasteiger partial charge on any atom is 0.271 e. The molecule has 0 amide bonds. The van der Waals surface area contributed by atoms with E-state index in [4.69, 9.17) is 4.74 Å². The van der Waals surface area contributed by atoms with Crippen LogP contribution in [0.4, 0.5) is 17.1 Å². The third-order valence-electron chi connectivity index (χ3n) is 3.77. The molecule has 0 bridgehead atoms. The van der Waals surface area contributed by atoms with Gasteiger partial charge in [-0.25, -0.2) is 8.42 Å². The lowest BCUT2D eigenvalue weighted by molar-refractivity contribution is 0.415. The van der Waals surface area contributed by atoms with Crippen molar-refractivity contribution in [2.75, 3.05) is 17.1 Å². The van der Waals surface area contributed by atoms with Crippen molar-refractivity contribution in [2.24, 2.45) is 0 Å². The van der Waals surface area contributed by atoms with Gasteiger partial charge in [0.15, 0.2) is 0 Å². The van der Waals surface area contributed by atoms with E-state index in [0.717, 1.165) is 28.4 Å². The van der Waals surface area contributed by atoms with E-state index in [-0.39, 0.29) is 0 Å². The summed E-state index contributed by atoms with van der Waals surface area (Å²) in [5.74, 6) is 0.792. The molecule has 1 aromatic heterocycles. The molecule has 0 unspecified atom stereocenters. The second-order valence-electron chi connectivity index (χ2n) is 5.61. The Morgan fingerprint density at radius 2 is 1.46 bits per heavy atom. The largest absolute Gasteiger partial charge is 0.497 e. The zero-order valence-electron chi connectivity index (χ0n) is 14.5. The fraction of sp³-hybridized carbons (Fsp3) is 0.158. The minimum atomic E-state index is -3.55. The number of anilines is 3. The first-order chi connectivity index (χ1) is 12.5. The molecule has 2 aromatic carbocycles. The molecule has 0 aliphatic carbocycles. The number of ether oxygens (including phenoxy) is 1. The summed E-state index contributed by atoms with van der Waals surface area (Å²) < 4.78 is 33.0. The van der Waals surface area contributed by atoms with Crippen LogP contribution in [0.5, 0.6) is 5.75 Å². The lowest BCUT2D eigenvalue weighted by Gasteiger charge is -2.10. The summed E-state index contributed by atoms with van der Waals surface area (Å²) in [5, 5.41) is 3.26. The zero-order chi connectivity index (χ0) is 18.6. The topological polar surface area (TPSA) is 67.4 Å². The number of thiophene rings is 1. The molecule has 0 aliphatic rings. The summed E-state index contributed by atoms with van der Waals surface area (Å²) in [6.45, 7) is 2.00. The van der Waals surface area contributed by atoms with Gasteiger partial charge in [0.1, 0.15) is 9.96 Å². The van der Waals surface area contributed by atoms with Crippen molar-refractivity contribution in [3.8, 4) is 5.75 Å². The van der Waals surface area contributed by atoms with Crippen LogP contribution < -0.4 is 14.8 Å². The first-order valence-electron chi connectivity index (χ1n) is 8.13. The average Bonchev–Trinajstić information content (AvgIpc) is 3.14. The second-order valence-corrected chi connectivity index (χ2v) is 8.69. The molecule has 136 valence electrons. The predicted molar refractivity (Wildman–Crippen MR) is 107 cm³/mol. The molecule has 0 saturated carbocycles. The standard InChI is InChI=1S/C19H20N2O3S2/c1-3-18-12-13-19(25-18)26(22,23)21-16-6-4-14(5-7-16)20-15-8-10-17(24-2)11-9-15/h4-13,20-21H,3H2,1-2H3. The molecule has 2 N–H and O–H groups in total. The van der Waals surface area contributed by atoms with Crippen molar-refractivity contribution in [1.82, 2.24) is 0 Å². The van der Waals surface area contributed by atoms with E-state index < -0.39 is 10.0 Å². The molecule has 1 heterocycles. The summed E-state index contributed by atoms with van der Waals surface area (Å²) in [6, 6.07) is 18.2. The van der Waals surface area contributed by atoms with E-state index in [1.165, 1.54) is 11.3 Å². The predicted octanol–water partition coefficient (Wildman–Crippen LogP) is 4.86. The van der Waals surface area contributed by atoms with Gasteiger partial charge in [0.2, 0.25) is 0 Å². The Balaban J connectivity index is 1.68. The minimum Gasteiger partial charge on any atom is -0.497 e. The summed E-state index contributed by atoms with van der Waals surface area (Å²) in [7, 11) is -1.92. The zero-order valence-corrected chi connectivity index (χ0v) is 16.2. The van der Waals surface area contributed by atoms with Crippen molar-refractivity contribution in [2.45, 2.75) is 17.6 Å². The van der Waals surface area contributed by atoms with E-state index in [2.05, 4.69) is 10.0 Å². The van der Waals surface area contributed by atoms with Crippen LogP contribution in [0.2, 0.25) is 0 Å². The lowest BCUT2D eigenvalue weighted by atomic mass is 10.2. The van der Waals surface area contributed by atoms with E-state index in [0.29, 0.717) is 9.90 Å². The molecular formula is C19H20N2O3S2. The Hall–Kier alpha value is -2.51. The number of sulfonamides is 1. The highest BCUT2D eigenvalue weighted by Crippen LogP contribution is 2.26. The monoisotopic (exact) mass is 388 g/mol. The Morgan fingerprint density at radius 1 is 0.885 bits per heavy atom. The van der Waals surface area contributed by atoms with E-state index in [1.54, 1.807) is 25.3 Å². The number of hydrogen-bond donors (Lipinski definition) is 2. The van der Waals surface area contributed by atoms with Gasteiger partial charge < -0.3 is 10.1 Å². The molecule has 3 rings (SSSR count). The lowest BCUT2D eigenvalue weighted by Crippen LogP contribution is -2.11. The highest BCUT2D eigenvalue weighted by molar-refractivity contribution is 7.94. The van der Waals surface area contributed by atoms with Crippen LogP contribution in [0.15, 0.2) is 64.9 Å². The summed E-state index contributed by atoms with van der Waals surface area (Å²) in [5.41, 5.74) is 2.31. The summed E-state index contributed by atoms with van der Waals surface area (Å²) >= 11 is 1.29. The van der Waals surface area contributed by atoms with Gasteiger partial charge in [-0.3, -0.25) is 4.72 Å². The van der Waals surface area contributed by atoms with Gasteiger partial charge in [-0.15, -0.1) is 11.3 Å². The SMILES string of the molecule is CCc1ccc(S(=O)(=O)Nc2ccc(Nc3ccc(OC)cc3)cc2)s1. The molecule has 3 aromatic rings. The molecule has 26 heavy (non-hydrogen) atoms. The average molecular weight is 389 g/mol. The van der Waals surface area contributed by atoms with Gasteiger partial charge in [-0.1, -0.05) is 6.92 Å². The third-order valence-corrected chi connectivity index (χ3v) is 6.87. The van der Waals surface area contributed by atoms with Crippen molar-refractivity contribution >= 4 is 38.4 Å². The fourth-order valence-corrected chi connectivity index (χ4v) is 4.71. The van der Waals surface area contributed by atoms with Crippen molar-refractivity contribution in [3.05, 3.63) is 65.5 Å². The first kappa shape index (κ1) is 18.3. The quantitative estimate of drug-likeness (QED) is 0.606. The minimum absolute atomic E-state index is 0.329. The number of hydrogen-bond acceptors (Lipinski definition) is 5. The van der Waals surface area contributed by atoms with Crippen molar-refractivity contribution < 1.29 is 13.2 Å². The van der Waals surface area contributed by atoms with Gasteiger partial charge in [0.25, 0.3) is 10.0 Å². The summed E-state index contributed by atoms with van der Waals surface area (Å²) in [6.07, 6.45) is 0.825. The van der Waals surface area contributed by atoms with Gasteiger partial charge in [0.05, 0.1) is 7.11 Å². The summed E-state index contributed by atoms with van der Waals surface area (Å²) in [4.78, 5) is 1.05. The molecule has 0 atom stereocenters. The van der Waals surface area contributed by atoms with Gasteiger partial charge in [-0.05, 0) is 67.1 Å². The molecule has 0 fully saturated rings. The Kier molecular flexibility index (Phi) is 5.49. The second kappa shape index (κ2) is 7.80. The molecule has 7 heteroatoms. The van der Waals surface area contributed by atoms with E-state index in [1.807, 2.05) is 49.4 Å². The van der Waals surface area contributed by atoms with Crippen molar-refractivity contribution in [3.63, 3.8) is 0 Å². The first-order valence-corrected chi connectivity index (χ1v) is 10.4. The maximum atomic E-state index is 12.4. The van der Waals surface area contributed by atoms with Gasteiger partial charge in [-0.2, -0.15) is 0 Å². The molecule has 5 nitrogen and oxygen atoms in total. The smallest absolute Gasteiger partial charge is 0.271 e. The van der Waals surface area contributed by atoms with Gasteiger partial charge in [0, 0.05) is 21.9 Å². The van der Waals surface area contributed by atoms with Crippen LogP contribution in [-0.2, 0) is 16.4 Å².